The first-order valence-electron chi connectivity index (χ1n) is 9.11. The van der Waals surface area contributed by atoms with Gasteiger partial charge in [-0.25, -0.2) is 16.8 Å². The van der Waals surface area contributed by atoms with Crippen LogP contribution in [0.15, 0.2) is 65.7 Å². The van der Waals surface area contributed by atoms with E-state index in [1.54, 1.807) is 24.3 Å². The van der Waals surface area contributed by atoms with Crippen LogP contribution in [0.4, 0.5) is 4.39 Å². The van der Waals surface area contributed by atoms with Gasteiger partial charge in [-0.2, -0.15) is 0 Å². The van der Waals surface area contributed by atoms with Gasteiger partial charge in [-0.1, -0.05) is 29.8 Å². The minimum absolute atomic E-state index is 0.0603. The average molecular weight is 361 g/mol. The van der Waals surface area contributed by atoms with Crippen LogP contribution in [0.2, 0.25) is 0 Å². The number of hydrogen-bond donors (Lipinski definition) is 1. The summed E-state index contributed by atoms with van der Waals surface area (Å²) in [5.74, 6) is -0.500. The van der Waals surface area contributed by atoms with Crippen molar-refractivity contribution in [2.24, 2.45) is 0 Å². The van der Waals surface area contributed by atoms with Gasteiger partial charge in [-0.15, -0.1) is 0 Å². The number of aromatic nitrogens is 1. The lowest BCUT2D eigenvalue weighted by molar-refractivity contribution is 0.587. The Balaban J connectivity index is 2.12. The third-order valence-corrected chi connectivity index (χ3v) is 5.52. The molecule has 0 saturated heterocycles. The van der Waals surface area contributed by atoms with E-state index in [2.05, 4.69) is 5.32 Å². The lowest BCUT2D eigenvalue weighted by atomic mass is 10.1. The molecule has 6 heteroatoms. The highest BCUT2D eigenvalue weighted by atomic mass is 32.2. The molecular weight excluding hydrogens is 339 g/mol. The third-order valence-electron chi connectivity index (χ3n) is 3.83. The molecule has 0 spiro atoms. The van der Waals surface area contributed by atoms with Crippen molar-refractivity contribution in [1.82, 2.24) is 9.29 Å². The first-order valence-corrected chi connectivity index (χ1v) is 9.05. The summed E-state index contributed by atoms with van der Waals surface area (Å²) >= 11 is 0. The van der Waals surface area contributed by atoms with Crippen LogP contribution in [0.25, 0.3) is 11.3 Å². The predicted molar refractivity (Wildman–Crippen MR) is 96.4 cm³/mol. The smallest absolute Gasteiger partial charge is 0.268 e. The lowest BCUT2D eigenvalue weighted by Crippen LogP contribution is -2.13. The van der Waals surface area contributed by atoms with Gasteiger partial charge in [0.05, 0.1) is 10.6 Å². The monoisotopic (exact) mass is 361 g/mol. The largest absolute Gasteiger partial charge is 0.316 e. The maximum absolute atomic E-state index is 13.7. The number of nitrogens with zero attached hydrogens (tertiary/aromatic N) is 1. The summed E-state index contributed by atoms with van der Waals surface area (Å²) in [5.41, 5.74) is 1.99. The standard InChI is InChI=1S/C19H19FN2O2S/c1-14-6-8-18(9-7-14)25(23,24)22-13-15(12-21-2)10-19(22)16-4-3-5-17(20)11-16/h3-11,13,21H,12H2,1-2H3/i2D3. The zero-order chi connectivity index (χ0) is 20.5. The Kier molecular flexibility index (Phi) is 3.77. The highest BCUT2D eigenvalue weighted by molar-refractivity contribution is 7.90. The van der Waals surface area contributed by atoms with E-state index in [9.17, 15) is 12.8 Å². The first-order chi connectivity index (χ1) is 13.1. The summed E-state index contributed by atoms with van der Waals surface area (Å²) < 4.78 is 62.9. The van der Waals surface area contributed by atoms with E-state index in [4.69, 9.17) is 4.11 Å². The Morgan fingerprint density at radius 3 is 2.60 bits per heavy atom. The van der Waals surface area contributed by atoms with E-state index in [1.807, 2.05) is 6.92 Å². The van der Waals surface area contributed by atoms with Gasteiger partial charge in [0.2, 0.25) is 0 Å². The van der Waals surface area contributed by atoms with Crippen LogP contribution in [-0.2, 0) is 16.6 Å². The molecule has 0 aliphatic rings. The van der Waals surface area contributed by atoms with Crippen molar-refractivity contribution in [2.75, 3.05) is 6.98 Å². The second-order valence-electron chi connectivity index (χ2n) is 5.71. The molecule has 0 aliphatic heterocycles. The molecule has 0 fully saturated rings. The lowest BCUT2D eigenvalue weighted by Gasteiger charge is -2.11. The summed E-state index contributed by atoms with van der Waals surface area (Å²) in [4.78, 5) is 0.0849. The van der Waals surface area contributed by atoms with E-state index in [1.165, 1.54) is 36.5 Å². The number of aryl methyl sites for hydroxylation is 1. The fraction of sp³-hybridized carbons (Fsp3) is 0.158. The molecule has 2 aromatic carbocycles. The fourth-order valence-corrected chi connectivity index (χ4v) is 3.97. The second kappa shape index (κ2) is 6.82. The van der Waals surface area contributed by atoms with Crippen LogP contribution >= 0.6 is 0 Å². The zero-order valence-corrected chi connectivity index (χ0v) is 14.3. The highest BCUT2D eigenvalue weighted by Gasteiger charge is 2.21. The van der Waals surface area contributed by atoms with Crippen LogP contribution < -0.4 is 5.32 Å². The Hall–Kier alpha value is -2.44. The van der Waals surface area contributed by atoms with Crippen molar-refractivity contribution < 1.29 is 16.9 Å². The minimum Gasteiger partial charge on any atom is -0.316 e. The summed E-state index contributed by atoms with van der Waals surface area (Å²) in [5, 5.41) is 2.36. The number of rotatable bonds is 5. The van der Waals surface area contributed by atoms with Crippen LogP contribution in [0.5, 0.6) is 0 Å². The molecule has 1 N–H and O–H groups in total. The summed E-state index contributed by atoms with van der Waals surface area (Å²) in [6, 6.07) is 13.5. The molecule has 0 atom stereocenters. The van der Waals surface area contributed by atoms with Gasteiger partial charge in [0.1, 0.15) is 5.82 Å². The van der Waals surface area contributed by atoms with Crippen LogP contribution in [0, 0.1) is 12.7 Å². The van der Waals surface area contributed by atoms with E-state index >= 15 is 0 Å². The van der Waals surface area contributed by atoms with Crippen LogP contribution in [0.1, 0.15) is 15.2 Å². The second-order valence-corrected chi connectivity index (χ2v) is 7.53. The normalized spacial score (nSPS) is 13.9. The zero-order valence-electron chi connectivity index (χ0n) is 16.5. The first kappa shape index (κ1) is 13.8. The molecule has 0 bridgehead atoms. The topological polar surface area (TPSA) is 51.1 Å². The molecule has 25 heavy (non-hydrogen) atoms. The van der Waals surface area contributed by atoms with Gasteiger partial charge < -0.3 is 5.32 Å². The number of halogens is 1. The molecule has 130 valence electrons. The van der Waals surface area contributed by atoms with Gasteiger partial charge in [0.15, 0.2) is 0 Å². The SMILES string of the molecule is [2H]C([2H])([2H])NCc1cc(-c2cccc(F)c2)n(S(=O)(=O)c2ccc(C)cc2)c1. The number of hydrogen-bond acceptors (Lipinski definition) is 3. The maximum atomic E-state index is 13.7. The predicted octanol–water partition coefficient (Wildman–Crippen LogP) is 3.56. The Morgan fingerprint density at radius 1 is 1.16 bits per heavy atom. The molecule has 0 aliphatic carbocycles. The third kappa shape index (κ3) is 3.50. The molecule has 0 amide bonds. The van der Waals surface area contributed by atoms with Gasteiger partial charge in [-0.3, -0.25) is 0 Å². The Bertz CT molecular complexity index is 1090. The van der Waals surface area contributed by atoms with Gasteiger partial charge >= 0.3 is 0 Å². The van der Waals surface area contributed by atoms with Crippen molar-refractivity contribution in [1.29, 1.82) is 0 Å². The van der Waals surface area contributed by atoms with Crippen molar-refractivity contribution >= 4 is 10.0 Å². The molecule has 0 radical (unpaired) electrons. The quantitative estimate of drug-likeness (QED) is 0.756. The molecule has 0 saturated carbocycles. The molecular formula is C19H19FN2O2S. The highest BCUT2D eigenvalue weighted by Crippen LogP contribution is 2.27. The molecule has 4 nitrogen and oxygen atoms in total. The van der Waals surface area contributed by atoms with Crippen LogP contribution in [0.3, 0.4) is 0 Å². The fourth-order valence-electron chi connectivity index (χ4n) is 2.58. The maximum Gasteiger partial charge on any atom is 0.268 e. The minimum atomic E-state index is -3.95. The van der Waals surface area contributed by atoms with Crippen LogP contribution in [-0.4, -0.2) is 19.4 Å². The molecule has 1 heterocycles. The van der Waals surface area contributed by atoms with Crippen molar-refractivity contribution in [3.05, 3.63) is 77.7 Å². The van der Waals surface area contributed by atoms with Crippen molar-refractivity contribution in [2.45, 2.75) is 18.4 Å². The van der Waals surface area contributed by atoms with E-state index in [0.29, 0.717) is 11.1 Å². The van der Waals surface area contributed by atoms with Gasteiger partial charge in [0, 0.05) is 22.4 Å². The number of nitrogens with one attached hydrogen (secondary N) is 1. The average Bonchev–Trinajstić information content (AvgIpc) is 3.05. The molecule has 0 unspecified atom stereocenters. The Labute approximate surface area is 151 Å². The summed E-state index contributed by atoms with van der Waals surface area (Å²) in [6.45, 7) is -0.574. The molecule has 3 rings (SSSR count). The molecule has 1 aromatic heterocycles. The molecule has 3 aromatic rings. The van der Waals surface area contributed by atoms with E-state index in [0.717, 1.165) is 9.54 Å². The van der Waals surface area contributed by atoms with E-state index in [-0.39, 0.29) is 17.1 Å². The van der Waals surface area contributed by atoms with Gasteiger partial charge in [-0.05, 0) is 49.8 Å². The summed E-state index contributed by atoms with van der Waals surface area (Å²) in [7, 11) is -3.95. The van der Waals surface area contributed by atoms with Crippen molar-refractivity contribution in [3.8, 4) is 11.3 Å². The number of benzene rings is 2. The summed E-state index contributed by atoms with van der Waals surface area (Å²) in [6.07, 6.45) is 1.36. The van der Waals surface area contributed by atoms with Crippen molar-refractivity contribution in [3.63, 3.8) is 0 Å². The Morgan fingerprint density at radius 2 is 1.92 bits per heavy atom. The van der Waals surface area contributed by atoms with E-state index < -0.39 is 22.8 Å². The van der Waals surface area contributed by atoms with Gasteiger partial charge in [0.25, 0.3) is 10.0 Å².